The summed E-state index contributed by atoms with van der Waals surface area (Å²) in [7, 11) is 0. The highest BCUT2D eigenvalue weighted by molar-refractivity contribution is 5.85. The fourth-order valence-corrected chi connectivity index (χ4v) is 2.76. The molecule has 13 heavy (non-hydrogen) atoms. The van der Waals surface area contributed by atoms with E-state index in [-0.39, 0.29) is 12.4 Å². The molecule has 1 aliphatic heterocycles. The van der Waals surface area contributed by atoms with Crippen molar-refractivity contribution in [3.8, 4) is 0 Å². The molecular weight excluding hydrogens is 186 g/mol. The van der Waals surface area contributed by atoms with Crippen LogP contribution in [0, 0.1) is 11.3 Å². The maximum Gasteiger partial charge on any atom is 0.0490 e. The van der Waals surface area contributed by atoms with Crippen molar-refractivity contribution in [3.05, 3.63) is 0 Å². The summed E-state index contributed by atoms with van der Waals surface area (Å²) in [5, 5.41) is 12.7. The first kappa shape index (κ1) is 11.3. The van der Waals surface area contributed by atoms with Gasteiger partial charge in [-0.1, -0.05) is 6.42 Å². The fraction of sp³-hybridized carbons (Fsp3) is 1.00. The monoisotopic (exact) mass is 205 g/mol. The number of hydrogen-bond acceptors (Lipinski definition) is 2. The van der Waals surface area contributed by atoms with Crippen LogP contribution < -0.4 is 5.32 Å². The number of rotatable bonds is 2. The van der Waals surface area contributed by atoms with Crippen molar-refractivity contribution >= 4 is 12.4 Å². The van der Waals surface area contributed by atoms with Crippen LogP contribution in [-0.4, -0.2) is 24.8 Å². The maximum absolute atomic E-state index is 9.37. The Kier molecular flexibility index (Phi) is 4.02. The minimum Gasteiger partial charge on any atom is -0.396 e. The van der Waals surface area contributed by atoms with Crippen molar-refractivity contribution in [1.29, 1.82) is 0 Å². The van der Waals surface area contributed by atoms with E-state index in [9.17, 15) is 5.11 Å². The third kappa shape index (κ3) is 2.00. The van der Waals surface area contributed by atoms with Gasteiger partial charge in [-0.25, -0.2) is 0 Å². The lowest BCUT2D eigenvalue weighted by Gasteiger charge is -2.48. The van der Waals surface area contributed by atoms with Crippen LogP contribution in [0.5, 0.6) is 0 Å². The van der Waals surface area contributed by atoms with Crippen LogP contribution in [0.15, 0.2) is 0 Å². The second-order valence-corrected chi connectivity index (χ2v) is 4.40. The van der Waals surface area contributed by atoms with Crippen molar-refractivity contribution in [2.75, 3.05) is 19.7 Å². The van der Waals surface area contributed by atoms with Gasteiger partial charge in [-0.05, 0) is 50.1 Å². The predicted octanol–water partition coefficient (Wildman–Crippen LogP) is 1.57. The number of piperidine rings is 1. The molecule has 0 atom stereocenters. The maximum atomic E-state index is 9.37. The minimum atomic E-state index is 0. The third-order valence-corrected chi connectivity index (χ3v) is 3.87. The Morgan fingerprint density at radius 2 is 1.85 bits per heavy atom. The van der Waals surface area contributed by atoms with Crippen molar-refractivity contribution in [2.24, 2.45) is 11.3 Å². The summed E-state index contributed by atoms with van der Waals surface area (Å²) in [4.78, 5) is 0. The van der Waals surface area contributed by atoms with E-state index in [0.717, 1.165) is 19.0 Å². The first-order chi connectivity index (χ1) is 5.87. The quantitative estimate of drug-likeness (QED) is 0.718. The van der Waals surface area contributed by atoms with E-state index in [1.165, 1.54) is 32.1 Å². The van der Waals surface area contributed by atoms with E-state index in [1.54, 1.807) is 0 Å². The smallest absolute Gasteiger partial charge is 0.0490 e. The standard InChI is InChI=1S/C10H19NO.ClH/c12-8-10(4-1-5-10)9-2-6-11-7-3-9;/h9,11-12H,1-8H2;1H. The summed E-state index contributed by atoms with van der Waals surface area (Å²) in [5.41, 5.74) is 0.349. The fourth-order valence-electron chi connectivity index (χ4n) is 2.76. The average Bonchev–Trinajstić information content (AvgIpc) is 2.05. The van der Waals surface area contributed by atoms with Gasteiger partial charge < -0.3 is 10.4 Å². The highest BCUT2D eigenvalue weighted by Gasteiger charge is 2.43. The van der Waals surface area contributed by atoms with Gasteiger partial charge in [0.15, 0.2) is 0 Å². The largest absolute Gasteiger partial charge is 0.396 e. The molecule has 0 aromatic rings. The summed E-state index contributed by atoms with van der Waals surface area (Å²) in [6.45, 7) is 2.75. The van der Waals surface area contributed by atoms with E-state index in [0.29, 0.717) is 12.0 Å². The number of aliphatic hydroxyl groups excluding tert-OH is 1. The van der Waals surface area contributed by atoms with E-state index < -0.39 is 0 Å². The summed E-state index contributed by atoms with van der Waals surface area (Å²) in [5.74, 6) is 0.803. The average molecular weight is 206 g/mol. The zero-order valence-corrected chi connectivity index (χ0v) is 8.91. The summed E-state index contributed by atoms with van der Waals surface area (Å²) < 4.78 is 0. The number of nitrogens with one attached hydrogen (secondary N) is 1. The molecule has 0 bridgehead atoms. The molecule has 0 unspecified atom stereocenters. The lowest BCUT2D eigenvalue weighted by atomic mass is 9.59. The molecule has 0 spiro atoms. The molecule has 2 aliphatic rings. The number of aliphatic hydroxyl groups is 1. The Morgan fingerprint density at radius 3 is 2.23 bits per heavy atom. The van der Waals surface area contributed by atoms with Gasteiger partial charge >= 0.3 is 0 Å². The van der Waals surface area contributed by atoms with Gasteiger partial charge in [-0.3, -0.25) is 0 Å². The lowest BCUT2D eigenvalue weighted by Crippen LogP contribution is -2.45. The molecule has 1 saturated heterocycles. The van der Waals surface area contributed by atoms with E-state index >= 15 is 0 Å². The topological polar surface area (TPSA) is 32.3 Å². The molecule has 2 fully saturated rings. The van der Waals surface area contributed by atoms with Crippen LogP contribution in [-0.2, 0) is 0 Å². The highest BCUT2D eigenvalue weighted by atomic mass is 35.5. The summed E-state index contributed by atoms with van der Waals surface area (Å²) >= 11 is 0. The van der Waals surface area contributed by atoms with Crippen LogP contribution in [0.2, 0.25) is 0 Å². The van der Waals surface area contributed by atoms with Gasteiger partial charge in [0.1, 0.15) is 0 Å². The second-order valence-electron chi connectivity index (χ2n) is 4.40. The highest BCUT2D eigenvalue weighted by Crippen LogP contribution is 2.49. The molecule has 2 rings (SSSR count). The van der Waals surface area contributed by atoms with Crippen molar-refractivity contribution < 1.29 is 5.11 Å². The molecule has 2 N–H and O–H groups in total. The number of hydrogen-bond donors (Lipinski definition) is 2. The molecule has 1 aliphatic carbocycles. The Balaban J connectivity index is 0.000000845. The Morgan fingerprint density at radius 1 is 1.23 bits per heavy atom. The third-order valence-electron chi connectivity index (χ3n) is 3.87. The van der Waals surface area contributed by atoms with Crippen LogP contribution in [0.4, 0.5) is 0 Å². The first-order valence-corrected chi connectivity index (χ1v) is 5.19. The van der Waals surface area contributed by atoms with Crippen LogP contribution >= 0.6 is 12.4 Å². The van der Waals surface area contributed by atoms with Gasteiger partial charge in [0, 0.05) is 6.61 Å². The van der Waals surface area contributed by atoms with Crippen LogP contribution in [0.1, 0.15) is 32.1 Å². The molecule has 0 aromatic heterocycles. The molecule has 3 heteroatoms. The zero-order chi connectivity index (χ0) is 8.44. The van der Waals surface area contributed by atoms with Gasteiger partial charge in [-0.2, -0.15) is 0 Å². The SMILES string of the molecule is Cl.OCC1(C2CCNCC2)CCC1. The van der Waals surface area contributed by atoms with Gasteiger partial charge in [-0.15, -0.1) is 12.4 Å². The molecule has 0 aromatic carbocycles. The Bertz CT molecular complexity index is 147. The summed E-state index contributed by atoms with van der Waals surface area (Å²) in [6, 6.07) is 0. The first-order valence-electron chi connectivity index (χ1n) is 5.19. The van der Waals surface area contributed by atoms with Crippen LogP contribution in [0.3, 0.4) is 0 Å². The lowest BCUT2D eigenvalue weighted by molar-refractivity contribution is -0.0254. The van der Waals surface area contributed by atoms with E-state index in [4.69, 9.17) is 0 Å². The van der Waals surface area contributed by atoms with Crippen LogP contribution in [0.25, 0.3) is 0 Å². The van der Waals surface area contributed by atoms with E-state index in [1.807, 2.05) is 0 Å². The predicted molar refractivity (Wildman–Crippen MR) is 56.2 cm³/mol. The Hall–Kier alpha value is 0.210. The normalized spacial score (nSPS) is 27.5. The molecule has 1 saturated carbocycles. The number of halogens is 1. The molecule has 0 radical (unpaired) electrons. The molecule has 78 valence electrons. The second kappa shape index (κ2) is 4.63. The Labute approximate surface area is 86.5 Å². The van der Waals surface area contributed by atoms with Crippen molar-refractivity contribution in [2.45, 2.75) is 32.1 Å². The minimum absolute atomic E-state index is 0. The van der Waals surface area contributed by atoms with E-state index in [2.05, 4.69) is 5.32 Å². The molecular formula is C10H20ClNO. The van der Waals surface area contributed by atoms with Gasteiger partial charge in [0.2, 0.25) is 0 Å². The molecule has 1 heterocycles. The van der Waals surface area contributed by atoms with Crippen molar-refractivity contribution in [1.82, 2.24) is 5.32 Å². The van der Waals surface area contributed by atoms with Gasteiger partial charge in [0.05, 0.1) is 0 Å². The zero-order valence-electron chi connectivity index (χ0n) is 8.09. The molecule has 0 amide bonds. The molecule has 2 nitrogen and oxygen atoms in total. The summed E-state index contributed by atoms with van der Waals surface area (Å²) in [6.07, 6.45) is 6.44. The van der Waals surface area contributed by atoms with Crippen molar-refractivity contribution in [3.63, 3.8) is 0 Å². The van der Waals surface area contributed by atoms with Gasteiger partial charge in [0.25, 0.3) is 0 Å².